The number of aromatic nitrogens is 1. The summed E-state index contributed by atoms with van der Waals surface area (Å²) >= 11 is 0. The van der Waals surface area contributed by atoms with E-state index in [0.717, 1.165) is 9.87 Å². The first-order chi connectivity index (χ1) is 11.0. The van der Waals surface area contributed by atoms with Crippen LogP contribution in [0.2, 0.25) is 0 Å². The van der Waals surface area contributed by atoms with E-state index in [4.69, 9.17) is 10.00 Å². The number of ether oxygens (including phenoxy) is 1. The van der Waals surface area contributed by atoms with Crippen LogP contribution in [0.25, 0.3) is 0 Å². The summed E-state index contributed by atoms with van der Waals surface area (Å²) in [7, 11) is -3.86. The van der Waals surface area contributed by atoms with Crippen LogP contribution in [0.4, 0.5) is 5.82 Å². The molecular formula is C16H15N3O3S. The van der Waals surface area contributed by atoms with Gasteiger partial charge in [0.2, 0.25) is 0 Å². The first-order valence-corrected chi connectivity index (χ1v) is 8.56. The van der Waals surface area contributed by atoms with Crippen LogP contribution in [-0.4, -0.2) is 26.1 Å². The van der Waals surface area contributed by atoms with Crippen molar-refractivity contribution in [3.05, 3.63) is 48.2 Å². The van der Waals surface area contributed by atoms with Crippen LogP contribution in [-0.2, 0) is 16.4 Å². The van der Waals surface area contributed by atoms with Crippen LogP contribution >= 0.6 is 0 Å². The summed E-state index contributed by atoms with van der Waals surface area (Å²) in [6.07, 6.45) is 2.20. The molecule has 0 aliphatic carbocycles. The molecule has 0 saturated heterocycles. The molecule has 1 atom stereocenters. The van der Waals surface area contributed by atoms with E-state index in [1.54, 1.807) is 30.3 Å². The fourth-order valence-electron chi connectivity index (χ4n) is 2.54. The summed E-state index contributed by atoms with van der Waals surface area (Å²) in [6, 6.07) is 11.6. The van der Waals surface area contributed by atoms with Gasteiger partial charge in [-0.15, -0.1) is 0 Å². The van der Waals surface area contributed by atoms with Crippen molar-refractivity contribution in [1.82, 2.24) is 4.98 Å². The summed E-state index contributed by atoms with van der Waals surface area (Å²) in [5.41, 5.74) is 0.858. The second-order valence-electron chi connectivity index (χ2n) is 5.26. The third-order valence-electron chi connectivity index (χ3n) is 3.57. The van der Waals surface area contributed by atoms with Gasteiger partial charge in [-0.1, -0.05) is 6.07 Å². The lowest BCUT2D eigenvalue weighted by molar-refractivity contribution is 0.254. The summed E-state index contributed by atoms with van der Waals surface area (Å²) < 4.78 is 32.4. The van der Waals surface area contributed by atoms with Gasteiger partial charge in [0.05, 0.1) is 11.0 Å². The molecule has 118 valence electrons. The van der Waals surface area contributed by atoms with Gasteiger partial charge in [-0.05, 0) is 42.8 Å². The minimum absolute atomic E-state index is 0.0361. The molecule has 7 heteroatoms. The summed E-state index contributed by atoms with van der Waals surface area (Å²) in [6.45, 7) is 1.63. The van der Waals surface area contributed by atoms with E-state index in [1.807, 2.05) is 13.0 Å². The number of hydrogen-bond acceptors (Lipinski definition) is 5. The first kappa shape index (κ1) is 15.3. The number of hydrogen-bond donors (Lipinski definition) is 0. The quantitative estimate of drug-likeness (QED) is 0.802. The highest BCUT2D eigenvalue weighted by atomic mass is 32.2. The van der Waals surface area contributed by atoms with Crippen molar-refractivity contribution in [2.45, 2.75) is 24.3 Å². The second-order valence-corrected chi connectivity index (χ2v) is 7.12. The van der Waals surface area contributed by atoms with Crippen LogP contribution < -0.4 is 9.04 Å². The van der Waals surface area contributed by atoms with Gasteiger partial charge in [0, 0.05) is 12.6 Å². The highest BCUT2D eigenvalue weighted by molar-refractivity contribution is 7.92. The lowest BCUT2D eigenvalue weighted by Crippen LogP contribution is -2.32. The molecule has 0 amide bonds. The van der Waals surface area contributed by atoms with Crippen molar-refractivity contribution in [3.8, 4) is 11.8 Å². The molecule has 1 aliphatic heterocycles. The van der Waals surface area contributed by atoms with Crippen LogP contribution in [0.1, 0.15) is 12.5 Å². The van der Waals surface area contributed by atoms with Crippen LogP contribution in [0.3, 0.4) is 0 Å². The normalized spacial score (nSPS) is 16.3. The lowest BCUT2D eigenvalue weighted by Gasteiger charge is -2.20. The number of nitriles is 1. The summed E-state index contributed by atoms with van der Waals surface area (Å²) in [4.78, 5) is 4.18. The maximum Gasteiger partial charge on any atom is 0.266 e. The molecule has 2 aromatic rings. The molecule has 2 heterocycles. The Morgan fingerprint density at radius 1 is 1.39 bits per heavy atom. The molecule has 0 saturated carbocycles. The van der Waals surface area contributed by atoms with Crippen molar-refractivity contribution < 1.29 is 13.2 Å². The Labute approximate surface area is 135 Å². The Hall–Kier alpha value is -2.59. The maximum atomic E-state index is 12.9. The number of benzene rings is 1. The molecular weight excluding hydrogens is 314 g/mol. The zero-order valence-electron chi connectivity index (χ0n) is 12.5. The highest BCUT2D eigenvalue weighted by Crippen LogP contribution is 2.32. The SMILES string of the molecule is CC1Cc2cc(S(=O)(=O)N(CC#N)c3ccccn3)ccc2O1. The van der Waals surface area contributed by atoms with Crippen LogP contribution in [0.15, 0.2) is 47.5 Å². The Morgan fingerprint density at radius 2 is 2.22 bits per heavy atom. The van der Waals surface area contributed by atoms with E-state index < -0.39 is 10.0 Å². The fourth-order valence-corrected chi connectivity index (χ4v) is 3.91. The molecule has 0 N–H and O–H groups in total. The van der Waals surface area contributed by atoms with E-state index in [-0.39, 0.29) is 23.4 Å². The van der Waals surface area contributed by atoms with Gasteiger partial charge in [-0.2, -0.15) is 5.26 Å². The Morgan fingerprint density at radius 3 is 2.91 bits per heavy atom. The molecule has 0 fully saturated rings. The van der Waals surface area contributed by atoms with Crippen molar-refractivity contribution in [2.24, 2.45) is 0 Å². The number of anilines is 1. The van der Waals surface area contributed by atoms with E-state index >= 15 is 0 Å². The molecule has 0 radical (unpaired) electrons. The van der Waals surface area contributed by atoms with Crippen molar-refractivity contribution in [2.75, 3.05) is 10.8 Å². The third-order valence-corrected chi connectivity index (χ3v) is 5.32. The Balaban J connectivity index is 2.03. The van der Waals surface area contributed by atoms with Crippen molar-refractivity contribution >= 4 is 15.8 Å². The van der Waals surface area contributed by atoms with Gasteiger partial charge in [0.25, 0.3) is 10.0 Å². The van der Waals surface area contributed by atoms with Gasteiger partial charge in [-0.3, -0.25) is 0 Å². The monoisotopic (exact) mass is 329 g/mol. The van der Waals surface area contributed by atoms with Gasteiger partial charge < -0.3 is 4.74 Å². The Bertz CT molecular complexity index is 860. The maximum absolute atomic E-state index is 12.9. The van der Waals surface area contributed by atoms with E-state index in [2.05, 4.69) is 4.98 Å². The standard InChI is InChI=1S/C16H15N3O3S/c1-12-10-13-11-14(5-6-15(13)22-12)23(20,21)19(9-7-17)16-4-2-3-8-18-16/h2-6,8,11-12H,9-10H2,1H3. The summed E-state index contributed by atoms with van der Waals surface area (Å²) in [5, 5.41) is 8.99. The average Bonchev–Trinajstić information content (AvgIpc) is 2.92. The molecule has 1 aromatic carbocycles. The average molecular weight is 329 g/mol. The third kappa shape index (κ3) is 2.85. The Kier molecular flexibility index (Phi) is 3.92. The summed E-state index contributed by atoms with van der Waals surface area (Å²) in [5.74, 6) is 0.931. The first-order valence-electron chi connectivity index (χ1n) is 7.12. The molecule has 23 heavy (non-hydrogen) atoms. The van der Waals surface area contributed by atoms with E-state index in [0.29, 0.717) is 12.2 Å². The number of sulfonamides is 1. The topological polar surface area (TPSA) is 83.3 Å². The number of pyridine rings is 1. The van der Waals surface area contributed by atoms with Gasteiger partial charge in [0.15, 0.2) is 0 Å². The van der Waals surface area contributed by atoms with Crippen LogP contribution in [0, 0.1) is 11.3 Å². The molecule has 1 aromatic heterocycles. The van der Waals surface area contributed by atoms with E-state index in [9.17, 15) is 8.42 Å². The number of nitrogens with zero attached hydrogens (tertiary/aromatic N) is 3. The van der Waals surface area contributed by atoms with Gasteiger partial charge >= 0.3 is 0 Å². The predicted octanol–water partition coefficient (Wildman–Crippen LogP) is 2.12. The molecule has 0 bridgehead atoms. The fraction of sp³-hybridized carbons (Fsp3) is 0.250. The molecule has 0 spiro atoms. The van der Waals surface area contributed by atoms with Gasteiger partial charge in [0.1, 0.15) is 24.2 Å². The molecule has 1 unspecified atom stereocenters. The highest BCUT2D eigenvalue weighted by Gasteiger charge is 2.28. The zero-order chi connectivity index (χ0) is 16.4. The second kappa shape index (κ2) is 5.89. The minimum Gasteiger partial charge on any atom is -0.490 e. The zero-order valence-corrected chi connectivity index (χ0v) is 13.3. The van der Waals surface area contributed by atoms with Crippen molar-refractivity contribution in [3.63, 3.8) is 0 Å². The minimum atomic E-state index is -3.86. The lowest BCUT2D eigenvalue weighted by atomic mass is 10.1. The smallest absolute Gasteiger partial charge is 0.266 e. The number of fused-ring (bicyclic) bond motifs is 1. The molecule has 3 rings (SSSR count). The van der Waals surface area contributed by atoms with E-state index in [1.165, 1.54) is 12.3 Å². The molecule has 1 aliphatic rings. The molecule has 6 nitrogen and oxygen atoms in total. The van der Waals surface area contributed by atoms with Crippen molar-refractivity contribution in [1.29, 1.82) is 5.26 Å². The van der Waals surface area contributed by atoms with Crippen LogP contribution in [0.5, 0.6) is 5.75 Å². The number of rotatable bonds is 4. The van der Waals surface area contributed by atoms with Gasteiger partial charge in [-0.25, -0.2) is 17.7 Å². The predicted molar refractivity (Wildman–Crippen MR) is 84.6 cm³/mol. The largest absolute Gasteiger partial charge is 0.490 e.